The summed E-state index contributed by atoms with van der Waals surface area (Å²) in [7, 11) is 0. The maximum atomic E-state index is 12.1. The van der Waals surface area contributed by atoms with Gasteiger partial charge in [-0.3, -0.25) is 9.59 Å². The zero-order valence-electron chi connectivity index (χ0n) is 12.7. The van der Waals surface area contributed by atoms with Crippen LogP contribution in [0.4, 0.5) is 0 Å². The van der Waals surface area contributed by atoms with E-state index in [1.165, 1.54) is 23.1 Å². The molecule has 0 radical (unpaired) electrons. The van der Waals surface area contributed by atoms with Crippen LogP contribution < -0.4 is 10.9 Å². The van der Waals surface area contributed by atoms with Crippen molar-refractivity contribution in [2.75, 3.05) is 13.2 Å². The van der Waals surface area contributed by atoms with Gasteiger partial charge in [0, 0.05) is 11.4 Å². The van der Waals surface area contributed by atoms with Gasteiger partial charge in [0.15, 0.2) is 0 Å². The van der Waals surface area contributed by atoms with Crippen molar-refractivity contribution in [3.63, 3.8) is 0 Å². The molecule has 3 N–H and O–H groups in total. The van der Waals surface area contributed by atoms with Gasteiger partial charge >= 0.3 is 0 Å². The highest BCUT2D eigenvalue weighted by atomic mass is 32.2. The minimum atomic E-state index is -0.278. The third-order valence-corrected chi connectivity index (χ3v) is 5.59. The van der Waals surface area contributed by atoms with Crippen molar-refractivity contribution in [3.05, 3.63) is 26.6 Å². The summed E-state index contributed by atoms with van der Waals surface area (Å²) < 4.78 is 0. The first-order valence-corrected chi connectivity index (χ1v) is 8.79. The highest BCUT2D eigenvalue weighted by molar-refractivity contribution is 7.99. The van der Waals surface area contributed by atoms with Gasteiger partial charge < -0.3 is 15.4 Å². The van der Waals surface area contributed by atoms with Crippen LogP contribution in [0.1, 0.15) is 23.2 Å². The summed E-state index contributed by atoms with van der Waals surface area (Å²) in [5, 5.41) is 11.7. The zero-order chi connectivity index (χ0) is 16.3. The Hall–Kier alpha value is -1.38. The number of nitrogens with one attached hydrogen (secondary N) is 2. The van der Waals surface area contributed by atoms with E-state index in [9.17, 15) is 9.59 Å². The molecule has 6 nitrogen and oxygen atoms in total. The molecule has 1 unspecified atom stereocenters. The van der Waals surface area contributed by atoms with Gasteiger partial charge in [0.05, 0.1) is 23.0 Å². The van der Waals surface area contributed by atoms with Gasteiger partial charge in [0.1, 0.15) is 10.7 Å². The summed E-state index contributed by atoms with van der Waals surface area (Å²) >= 11 is 2.91. The number of carbonyl (C=O) groups excluding carboxylic acids is 1. The lowest BCUT2D eigenvalue weighted by Crippen LogP contribution is -2.33. The predicted octanol–water partition coefficient (Wildman–Crippen LogP) is 1.33. The highest BCUT2D eigenvalue weighted by Crippen LogP contribution is 2.26. The van der Waals surface area contributed by atoms with Gasteiger partial charge in [-0.1, -0.05) is 0 Å². The van der Waals surface area contributed by atoms with Gasteiger partial charge in [0.2, 0.25) is 5.91 Å². The number of nitrogens with zero attached hydrogens (tertiary/aromatic N) is 1. The van der Waals surface area contributed by atoms with E-state index in [4.69, 9.17) is 5.11 Å². The lowest BCUT2D eigenvalue weighted by atomic mass is 10.2. The quantitative estimate of drug-likeness (QED) is 0.737. The zero-order valence-corrected chi connectivity index (χ0v) is 14.4. The Labute approximate surface area is 136 Å². The van der Waals surface area contributed by atoms with Crippen molar-refractivity contribution in [2.24, 2.45) is 0 Å². The molecule has 1 atom stereocenters. The fourth-order valence-corrected chi connectivity index (χ4v) is 3.80. The van der Waals surface area contributed by atoms with Crippen molar-refractivity contribution in [2.45, 2.75) is 31.8 Å². The van der Waals surface area contributed by atoms with Gasteiger partial charge in [0.25, 0.3) is 5.56 Å². The average Bonchev–Trinajstić information content (AvgIpc) is 2.77. The minimum Gasteiger partial charge on any atom is -0.395 e. The van der Waals surface area contributed by atoms with Crippen LogP contribution >= 0.6 is 23.1 Å². The minimum absolute atomic E-state index is 0.0776. The Morgan fingerprint density at radius 3 is 2.91 bits per heavy atom. The van der Waals surface area contributed by atoms with Gasteiger partial charge in [-0.25, -0.2) is 4.98 Å². The third-order valence-electron chi connectivity index (χ3n) is 3.34. The summed E-state index contributed by atoms with van der Waals surface area (Å²) in [6.07, 6.45) is 0. The number of hydrogen-bond acceptors (Lipinski definition) is 6. The van der Waals surface area contributed by atoms with E-state index in [0.29, 0.717) is 17.0 Å². The van der Waals surface area contributed by atoms with Crippen molar-refractivity contribution < 1.29 is 9.90 Å². The Morgan fingerprint density at radius 2 is 2.23 bits per heavy atom. The summed E-state index contributed by atoms with van der Waals surface area (Å²) in [6.45, 7) is 5.86. The first kappa shape index (κ1) is 17.0. The SMILES string of the molecule is Cc1sc2nc(CSC(C)C(=O)NCCO)[nH]c(=O)c2c1C. The molecule has 2 aromatic rings. The molecule has 2 heterocycles. The summed E-state index contributed by atoms with van der Waals surface area (Å²) in [4.78, 5) is 33.0. The number of aliphatic hydroxyl groups is 1. The van der Waals surface area contributed by atoms with Crippen LogP contribution in [0, 0.1) is 13.8 Å². The van der Waals surface area contributed by atoms with Crippen LogP contribution in [-0.2, 0) is 10.5 Å². The smallest absolute Gasteiger partial charge is 0.259 e. The maximum absolute atomic E-state index is 12.1. The van der Waals surface area contributed by atoms with E-state index in [-0.39, 0.29) is 29.9 Å². The highest BCUT2D eigenvalue weighted by Gasteiger charge is 2.15. The van der Waals surface area contributed by atoms with E-state index >= 15 is 0 Å². The number of aromatic amines is 1. The molecule has 120 valence electrons. The van der Waals surface area contributed by atoms with Gasteiger partial charge in [-0.15, -0.1) is 23.1 Å². The maximum Gasteiger partial charge on any atom is 0.259 e. The number of H-pyrrole nitrogens is 1. The van der Waals surface area contributed by atoms with Crippen LogP contribution in [0.5, 0.6) is 0 Å². The molecule has 0 aliphatic rings. The Morgan fingerprint density at radius 1 is 1.50 bits per heavy atom. The van der Waals surface area contributed by atoms with Crippen molar-refractivity contribution in [1.82, 2.24) is 15.3 Å². The van der Waals surface area contributed by atoms with Crippen molar-refractivity contribution in [1.29, 1.82) is 0 Å². The lowest BCUT2D eigenvalue weighted by Gasteiger charge is -2.10. The summed E-state index contributed by atoms with van der Waals surface area (Å²) in [6, 6.07) is 0. The molecule has 2 aromatic heterocycles. The molecule has 0 spiro atoms. The second-order valence-electron chi connectivity index (χ2n) is 4.94. The van der Waals surface area contributed by atoms with E-state index in [2.05, 4.69) is 15.3 Å². The molecule has 0 aliphatic heterocycles. The number of aromatic nitrogens is 2. The summed E-state index contributed by atoms with van der Waals surface area (Å²) in [5.41, 5.74) is 0.851. The number of carbonyl (C=O) groups is 1. The average molecular weight is 341 g/mol. The first-order chi connectivity index (χ1) is 10.4. The summed E-state index contributed by atoms with van der Waals surface area (Å²) in [5.74, 6) is 0.894. The Bertz CT molecular complexity index is 739. The Kier molecular flexibility index (Phi) is 5.60. The number of thioether (sulfide) groups is 1. The molecule has 0 saturated heterocycles. The number of thiophene rings is 1. The van der Waals surface area contributed by atoms with Crippen LogP contribution in [0.2, 0.25) is 0 Å². The molecule has 0 bridgehead atoms. The largest absolute Gasteiger partial charge is 0.395 e. The molecule has 0 saturated carbocycles. The van der Waals surface area contributed by atoms with E-state index in [1.54, 1.807) is 6.92 Å². The van der Waals surface area contributed by atoms with Gasteiger partial charge in [-0.05, 0) is 26.3 Å². The van der Waals surface area contributed by atoms with Crippen LogP contribution in [0.25, 0.3) is 10.2 Å². The topological polar surface area (TPSA) is 95.1 Å². The number of rotatable bonds is 6. The fraction of sp³-hybridized carbons (Fsp3) is 0.500. The second-order valence-corrected chi connectivity index (χ2v) is 7.48. The predicted molar refractivity (Wildman–Crippen MR) is 90.6 cm³/mol. The van der Waals surface area contributed by atoms with Crippen molar-refractivity contribution >= 4 is 39.2 Å². The normalized spacial score (nSPS) is 12.5. The number of fused-ring (bicyclic) bond motifs is 1. The molecule has 0 aliphatic carbocycles. The third kappa shape index (κ3) is 3.68. The second kappa shape index (κ2) is 7.26. The number of amides is 1. The van der Waals surface area contributed by atoms with Crippen LogP contribution in [0.15, 0.2) is 4.79 Å². The van der Waals surface area contributed by atoms with Crippen LogP contribution in [0.3, 0.4) is 0 Å². The lowest BCUT2D eigenvalue weighted by molar-refractivity contribution is -0.120. The number of aliphatic hydroxyl groups excluding tert-OH is 1. The van der Waals surface area contributed by atoms with E-state index < -0.39 is 0 Å². The monoisotopic (exact) mass is 341 g/mol. The number of aryl methyl sites for hydroxylation is 2. The first-order valence-electron chi connectivity index (χ1n) is 6.93. The molecule has 0 fully saturated rings. The van der Waals surface area contributed by atoms with E-state index in [1.807, 2.05) is 13.8 Å². The van der Waals surface area contributed by atoms with E-state index in [0.717, 1.165) is 15.3 Å². The molecule has 8 heteroatoms. The standard InChI is InChI=1S/C14H19N3O3S2/c1-7-8(2)22-14-11(7)13(20)16-10(17-14)6-21-9(3)12(19)15-4-5-18/h9,18H,4-6H2,1-3H3,(H,15,19)(H,16,17,20). The Balaban J connectivity index is 2.09. The molecule has 2 rings (SSSR count). The van der Waals surface area contributed by atoms with Crippen LogP contribution in [-0.4, -0.2) is 39.4 Å². The fourth-order valence-electron chi connectivity index (χ4n) is 1.97. The molecule has 1 amide bonds. The molecular formula is C14H19N3O3S2. The molecular weight excluding hydrogens is 322 g/mol. The molecule has 0 aromatic carbocycles. The molecule has 22 heavy (non-hydrogen) atoms. The van der Waals surface area contributed by atoms with Crippen molar-refractivity contribution in [3.8, 4) is 0 Å². The number of hydrogen-bond donors (Lipinski definition) is 3. The van der Waals surface area contributed by atoms with Gasteiger partial charge in [-0.2, -0.15) is 0 Å².